The fourth-order valence-electron chi connectivity index (χ4n) is 3.69. The molecule has 2 aliphatic heterocycles. The summed E-state index contributed by atoms with van der Waals surface area (Å²) >= 11 is 0. The van der Waals surface area contributed by atoms with Crippen molar-refractivity contribution in [3.05, 3.63) is 65.7 Å². The van der Waals surface area contributed by atoms with Gasteiger partial charge in [-0.2, -0.15) is 0 Å². The van der Waals surface area contributed by atoms with E-state index in [0.717, 1.165) is 5.56 Å². The van der Waals surface area contributed by atoms with E-state index in [1.165, 1.54) is 0 Å². The average Bonchev–Trinajstić information content (AvgIpc) is 2.88. The summed E-state index contributed by atoms with van der Waals surface area (Å²) in [5.41, 5.74) is 1.95. The standard InChI is InChI=1S/C22H23N3O4/c26-20(25-12-13-29-19(14-25)15-6-2-1-3-7-15)11-10-18-22(28)23-17-9-5-4-8-16(17)21(27)24-18/h1-9,18-19H,10-14H2,(H,23,28)(H,24,27)/t18-,19-/m1/s1. The van der Waals surface area contributed by atoms with E-state index >= 15 is 0 Å². The molecule has 2 aromatic rings. The molecular formula is C22H23N3O4. The lowest BCUT2D eigenvalue weighted by molar-refractivity contribution is -0.139. The largest absolute Gasteiger partial charge is 0.370 e. The van der Waals surface area contributed by atoms with Crippen LogP contribution >= 0.6 is 0 Å². The van der Waals surface area contributed by atoms with Crippen LogP contribution in [0, 0.1) is 0 Å². The lowest BCUT2D eigenvalue weighted by atomic mass is 10.1. The van der Waals surface area contributed by atoms with Gasteiger partial charge < -0.3 is 20.3 Å². The highest BCUT2D eigenvalue weighted by Crippen LogP contribution is 2.23. The second kappa shape index (κ2) is 8.45. The second-order valence-electron chi connectivity index (χ2n) is 7.21. The number of nitrogens with one attached hydrogen (secondary N) is 2. The number of nitrogens with zero attached hydrogens (tertiary/aromatic N) is 1. The Kier molecular flexibility index (Phi) is 5.57. The van der Waals surface area contributed by atoms with Gasteiger partial charge in [0.2, 0.25) is 11.8 Å². The summed E-state index contributed by atoms with van der Waals surface area (Å²) in [5, 5.41) is 5.50. The van der Waals surface area contributed by atoms with Crippen LogP contribution in [0.25, 0.3) is 0 Å². The van der Waals surface area contributed by atoms with Crippen molar-refractivity contribution in [2.45, 2.75) is 25.0 Å². The van der Waals surface area contributed by atoms with Gasteiger partial charge in [-0.1, -0.05) is 42.5 Å². The number of carbonyl (C=O) groups excluding carboxylic acids is 3. The van der Waals surface area contributed by atoms with Crippen molar-refractivity contribution < 1.29 is 19.1 Å². The smallest absolute Gasteiger partial charge is 0.254 e. The summed E-state index contributed by atoms with van der Waals surface area (Å²) in [7, 11) is 0. The van der Waals surface area contributed by atoms with Gasteiger partial charge in [-0.05, 0) is 24.1 Å². The molecule has 2 aromatic carbocycles. The van der Waals surface area contributed by atoms with E-state index in [2.05, 4.69) is 10.6 Å². The highest BCUT2D eigenvalue weighted by molar-refractivity contribution is 6.09. The summed E-state index contributed by atoms with van der Waals surface area (Å²) in [5.74, 6) is -0.662. The Bertz CT molecular complexity index is 915. The molecule has 2 aliphatic rings. The van der Waals surface area contributed by atoms with E-state index in [-0.39, 0.29) is 36.7 Å². The molecule has 2 atom stereocenters. The topological polar surface area (TPSA) is 87.7 Å². The van der Waals surface area contributed by atoms with Gasteiger partial charge in [-0.25, -0.2) is 0 Å². The van der Waals surface area contributed by atoms with Crippen molar-refractivity contribution in [3.63, 3.8) is 0 Å². The van der Waals surface area contributed by atoms with Gasteiger partial charge in [0.05, 0.1) is 24.4 Å². The normalized spacial score (nSPS) is 21.6. The molecule has 0 bridgehead atoms. The van der Waals surface area contributed by atoms with Crippen LogP contribution in [0.5, 0.6) is 0 Å². The average molecular weight is 393 g/mol. The first-order valence-electron chi connectivity index (χ1n) is 9.77. The van der Waals surface area contributed by atoms with Crippen molar-refractivity contribution >= 4 is 23.4 Å². The number of hydrogen-bond acceptors (Lipinski definition) is 4. The first-order chi connectivity index (χ1) is 14.1. The third-order valence-electron chi connectivity index (χ3n) is 5.29. The minimum absolute atomic E-state index is 0.0435. The Morgan fingerprint density at radius 2 is 1.83 bits per heavy atom. The van der Waals surface area contributed by atoms with E-state index in [9.17, 15) is 14.4 Å². The first-order valence-corrected chi connectivity index (χ1v) is 9.77. The van der Waals surface area contributed by atoms with Gasteiger partial charge in [-0.3, -0.25) is 14.4 Å². The fourth-order valence-corrected chi connectivity index (χ4v) is 3.69. The van der Waals surface area contributed by atoms with Crippen molar-refractivity contribution in [1.82, 2.24) is 10.2 Å². The zero-order chi connectivity index (χ0) is 20.2. The quantitative estimate of drug-likeness (QED) is 0.833. The van der Waals surface area contributed by atoms with Crippen LogP contribution in [0.3, 0.4) is 0 Å². The minimum atomic E-state index is -0.746. The Morgan fingerprint density at radius 1 is 1.07 bits per heavy atom. The number of morpholine rings is 1. The van der Waals surface area contributed by atoms with Gasteiger partial charge in [0.25, 0.3) is 5.91 Å². The highest BCUT2D eigenvalue weighted by Gasteiger charge is 2.30. The molecule has 0 saturated carbocycles. The van der Waals surface area contributed by atoms with Gasteiger partial charge in [0.15, 0.2) is 0 Å². The maximum Gasteiger partial charge on any atom is 0.254 e. The lowest BCUT2D eigenvalue weighted by Crippen LogP contribution is -2.44. The highest BCUT2D eigenvalue weighted by atomic mass is 16.5. The molecule has 1 saturated heterocycles. The molecule has 0 unspecified atom stereocenters. The summed E-state index contributed by atoms with van der Waals surface area (Å²) in [6, 6.07) is 15.9. The molecule has 2 heterocycles. The maximum atomic E-state index is 12.7. The molecule has 150 valence electrons. The molecule has 4 rings (SSSR count). The Balaban J connectivity index is 1.36. The molecule has 0 aromatic heterocycles. The molecule has 1 fully saturated rings. The first kappa shape index (κ1) is 19.1. The number of rotatable bonds is 4. The minimum Gasteiger partial charge on any atom is -0.370 e. The number of benzene rings is 2. The Morgan fingerprint density at radius 3 is 2.66 bits per heavy atom. The second-order valence-corrected chi connectivity index (χ2v) is 7.21. The number of ether oxygens (including phenoxy) is 1. The Hall–Kier alpha value is -3.19. The van der Waals surface area contributed by atoms with Gasteiger partial charge in [0, 0.05) is 13.0 Å². The molecular weight excluding hydrogens is 370 g/mol. The van der Waals surface area contributed by atoms with Gasteiger partial charge >= 0.3 is 0 Å². The zero-order valence-electron chi connectivity index (χ0n) is 16.0. The van der Waals surface area contributed by atoms with Crippen LogP contribution in [0.15, 0.2) is 54.6 Å². The molecule has 7 heteroatoms. The van der Waals surface area contributed by atoms with Crippen molar-refractivity contribution in [1.29, 1.82) is 0 Å². The maximum absolute atomic E-state index is 12.7. The van der Waals surface area contributed by atoms with Crippen LogP contribution in [0.2, 0.25) is 0 Å². The number of anilines is 1. The van der Waals surface area contributed by atoms with Crippen LogP contribution in [-0.2, 0) is 14.3 Å². The van der Waals surface area contributed by atoms with E-state index in [0.29, 0.717) is 30.9 Å². The van der Waals surface area contributed by atoms with Crippen LogP contribution < -0.4 is 10.6 Å². The van der Waals surface area contributed by atoms with Crippen LogP contribution in [0.4, 0.5) is 5.69 Å². The third kappa shape index (κ3) is 4.30. The molecule has 2 N–H and O–H groups in total. The molecule has 29 heavy (non-hydrogen) atoms. The van der Waals surface area contributed by atoms with Crippen molar-refractivity contribution in [2.75, 3.05) is 25.0 Å². The molecule has 0 aliphatic carbocycles. The molecule has 3 amide bonds. The van der Waals surface area contributed by atoms with Gasteiger partial charge in [0.1, 0.15) is 12.1 Å². The number of amides is 3. The van der Waals surface area contributed by atoms with Crippen molar-refractivity contribution in [2.24, 2.45) is 0 Å². The predicted octanol–water partition coefficient (Wildman–Crippen LogP) is 2.12. The monoisotopic (exact) mass is 393 g/mol. The molecule has 7 nitrogen and oxygen atoms in total. The molecule has 0 spiro atoms. The van der Waals surface area contributed by atoms with Crippen LogP contribution in [-0.4, -0.2) is 48.4 Å². The number of hydrogen-bond donors (Lipinski definition) is 2. The number of fused-ring (bicyclic) bond motifs is 1. The van der Waals surface area contributed by atoms with E-state index in [1.807, 2.05) is 30.3 Å². The number of carbonyl (C=O) groups is 3. The zero-order valence-corrected chi connectivity index (χ0v) is 16.0. The van der Waals surface area contributed by atoms with Crippen molar-refractivity contribution in [3.8, 4) is 0 Å². The summed E-state index contributed by atoms with van der Waals surface area (Å²) in [4.78, 5) is 39.4. The van der Waals surface area contributed by atoms with Crippen LogP contribution in [0.1, 0.15) is 34.9 Å². The van der Waals surface area contributed by atoms with E-state index in [4.69, 9.17) is 4.74 Å². The number of para-hydroxylation sites is 1. The molecule has 0 radical (unpaired) electrons. The summed E-state index contributed by atoms with van der Waals surface area (Å²) in [6.07, 6.45) is 0.276. The predicted molar refractivity (Wildman–Crippen MR) is 107 cm³/mol. The SMILES string of the molecule is O=C1N[C@H](CCC(=O)N2CCO[C@@H](c3ccccc3)C2)C(=O)Nc2ccccc21. The summed E-state index contributed by atoms with van der Waals surface area (Å²) in [6.45, 7) is 1.48. The Labute approximate surface area is 169 Å². The third-order valence-corrected chi connectivity index (χ3v) is 5.29. The fraction of sp³-hybridized carbons (Fsp3) is 0.318. The lowest BCUT2D eigenvalue weighted by Gasteiger charge is -2.33. The van der Waals surface area contributed by atoms with Gasteiger partial charge in [-0.15, -0.1) is 0 Å². The summed E-state index contributed by atoms with van der Waals surface area (Å²) < 4.78 is 5.81. The van der Waals surface area contributed by atoms with E-state index < -0.39 is 6.04 Å². The van der Waals surface area contributed by atoms with E-state index in [1.54, 1.807) is 29.2 Å².